The number of aryl methyl sites for hydroxylation is 1. The highest BCUT2D eigenvalue weighted by Gasteiger charge is 2.11. The van der Waals surface area contributed by atoms with Crippen LogP contribution in [0.3, 0.4) is 0 Å². The molecule has 150 valence electrons. The van der Waals surface area contributed by atoms with Crippen molar-refractivity contribution in [2.45, 2.75) is 20.4 Å². The SMILES string of the molecule is CNC(=O)c1ccc(Cn2c(C)c(C)sc2=NC(=O)c2cccc(OC)c2)cc1. The van der Waals surface area contributed by atoms with E-state index >= 15 is 0 Å². The third kappa shape index (κ3) is 4.63. The van der Waals surface area contributed by atoms with Gasteiger partial charge in [0.1, 0.15) is 5.75 Å². The van der Waals surface area contributed by atoms with Crippen molar-refractivity contribution in [1.82, 2.24) is 9.88 Å². The summed E-state index contributed by atoms with van der Waals surface area (Å²) in [6.07, 6.45) is 0. The fraction of sp³-hybridized carbons (Fsp3) is 0.227. The van der Waals surface area contributed by atoms with E-state index in [1.807, 2.05) is 30.5 Å². The summed E-state index contributed by atoms with van der Waals surface area (Å²) in [6.45, 7) is 4.59. The second-order valence-corrected chi connectivity index (χ2v) is 7.72. The molecule has 0 atom stereocenters. The summed E-state index contributed by atoms with van der Waals surface area (Å²) in [6, 6.07) is 14.4. The summed E-state index contributed by atoms with van der Waals surface area (Å²) < 4.78 is 7.21. The molecule has 0 saturated carbocycles. The monoisotopic (exact) mass is 409 g/mol. The lowest BCUT2D eigenvalue weighted by Crippen LogP contribution is -2.20. The van der Waals surface area contributed by atoms with Gasteiger partial charge in [-0.25, -0.2) is 0 Å². The number of ether oxygens (including phenoxy) is 1. The Morgan fingerprint density at radius 1 is 1.10 bits per heavy atom. The Balaban J connectivity index is 1.93. The number of nitrogens with zero attached hydrogens (tertiary/aromatic N) is 2. The van der Waals surface area contributed by atoms with Crippen LogP contribution in [-0.4, -0.2) is 30.5 Å². The third-order valence-electron chi connectivity index (χ3n) is 4.69. The van der Waals surface area contributed by atoms with E-state index in [1.54, 1.807) is 50.6 Å². The zero-order valence-corrected chi connectivity index (χ0v) is 17.7. The molecule has 0 saturated heterocycles. The second kappa shape index (κ2) is 8.87. The Labute approximate surface area is 173 Å². The van der Waals surface area contributed by atoms with Crippen LogP contribution in [0, 0.1) is 13.8 Å². The molecular weight excluding hydrogens is 386 g/mol. The Hall–Kier alpha value is -3.19. The quantitative estimate of drug-likeness (QED) is 0.703. The lowest BCUT2D eigenvalue weighted by atomic mass is 10.1. The van der Waals surface area contributed by atoms with Gasteiger partial charge in [0, 0.05) is 28.7 Å². The Morgan fingerprint density at radius 3 is 2.48 bits per heavy atom. The van der Waals surface area contributed by atoms with Crippen molar-refractivity contribution >= 4 is 23.2 Å². The van der Waals surface area contributed by atoms with Gasteiger partial charge in [-0.2, -0.15) is 4.99 Å². The van der Waals surface area contributed by atoms with Gasteiger partial charge in [-0.3, -0.25) is 9.59 Å². The van der Waals surface area contributed by atoms with Crippen molar-refractivity contribution < 1.29 is 14.3 Å². The number of aromatic nitrogens is 1. The van der Waals surface area contributed by atoms with E-state index in [0.717, 1.165) is 16.1 Å². The first kappa shape index (κ1) is 20.5. The average Bonchev–Trinajstić information content (AvgIpc) is 3.01. The van der Waals surface area contributed by atoms with E-state index < -0.39 is 0 Å². The molecule has 3 aromatic rings. The van der Waals surface area contributed by atoms with Crippen LogP contribution in [0.2, 0.25) is 0 Å². The summed E-state index contributed by atoms with van der Waals surface area (Å²) in [4.78, 5) is 30.5. The fourth-order valence-corrected chi connectivity index (χ4v) is 3.84. The van der Waals surface area contributed by atoms with E-state index in [1.165, 1.54) is 11.3 Å². The number of carbonyl (C=O) groups excluding carboxylic acids is 2. The van der Waals surface area contributed by atoms with Gasteiger partial charge in [0.05, 0.1) is 13.7 Å². The highest BCUT2D eigenvalue weighted by atomic mass is 32.1. The number of methoxy groups -OCH3 is 1. The molecule has 0 aliphatic carbocycles. The van der Waals surface area contributed by atoms with Gasteiger partial charge in [-0.05, 0) is 49.7 Å². The summed E-state index contributed by atoms with van der Waals surface area (Å²) in [5.41, 5.74) is 3.17. The molecule has 1 aromatic heterocycles. The van der Waals surface area contributed by atoms with E-state index in [2.05, 4.69) is 10.3 Å². The zero-order chi connectivity index (χ0) is 21.0. The molecule has 29 heavy (non-hydrogen) atoms. The van der Waals surface area contributed by atoms with Crippen molar-refractivity contribution in [2.24, 2.45) is 4.99 Å². The predicted octanol–water partition coefficient (Wildman–Crippen LogP) is 3.32. The molecule has 2 aromatic carbocycles. The highest BCUT2D eigenvalue weighted by molar-refractivity contribution is 7.09. The van der Waals surface area contributed by atoms with E-state index in [4.69, 9.17) is 4.74 Å². The smallest absolute Gasteiger partial charge is 0.279 e. The van der Waals surface area contributed by atoms with E-state index in [9.17, 15) is 9.59 Å². The normalized spacial score (nSPS) is 11.4. The molecule has 0 spiro atoms. The van der Waals surface area contributed by atoms with Gasteiger partial charge in [-0.15, -0.1) is 11.3 Å². The number of amides is 2. The van der Waals surface area contributed by atoms with Crippen LogP contribution in [0.1, 0.15) is 36.9 Å². The number of hydrogen-bond donors (Lipinski definition) is 1. The number of benzene rings is 2. The van der Waals surface area contributed by atoms with Gasteiger partial charge in [0.15, 0.2) is 4.80 Å². The standard InChI is InChI=1S/C22H23N3O3S/c1-14-15(2)29-22(24-21(27)18-6-5-7-19(12-18)28-4)25(14)13-16-8-10-17(11-9-16)20(26)23-3/h5-12H,13H2,1-4H3,(H,23,26). The molecule has 0 radical (unpaired) electrons. The number of thiazole rings is 1. The first-order valence-electron chi connectivity index (χ1n) is 9.14. The first-order chi connectivity index (χ1) is 13.9. The van der Waals surface area contributed by atoms with Crippen molar-refractivity contribution in [2.75, 3.05) is 14.2 Å². The molecule has 0 aliphatic rings. The fourth-order valence-electron chi connectivity index (χ4n) is 2.86. The summed E-state index contributed by atoms with van der Waals surface area (Å²) >= 11 is 1.48. The minimum atomic E-state index is -0.311. The molecule has 7 heteroatoms. The van der Waals surface area contributed by atoms with Crippen LogP contribution in [0.25, 0.3) is 0 Å². The lowest BCUT2D eigenvalue weighted by Gasteiger charge is -2.08. The van der Waals surface area contributed by atoms with Crippen LogP contribution >= 0.6 is 11.3 Å². The predicted molar refractivity (Wildman–Crippen MR) is 114 cm³/mol. The largest absolute Gasteiger partial charge is 0.497 e. The van der Waals surface area contributed by atoms with Crippen LogP contribution < -0.4 is 14.9 Å². The molecule has 0 unspecified atom stereocenters. The number of carbonyl (C=O) groups is 2. The van der Waals surface area contributed by atoms with Gasteiger partial charge in [-0.1, -0.05) is 18.2 Å². The van der Waals surface area contributed by atoms with Gasteiger partial charge < -0.3 is 14.6 Å². The second-order valence-electron chi connectivity index (χ2n) is 6.54. The Kier molecular flexibility index (Phi) is 6.29. The molecule has 2 amide bonds. The summed E-state index contributed by atoms with van der Waals surface area (Å²) in [5, 5.41) is 2.61. The molecule has 0 fully saturated rings. The molecular formula is C22H23N3O3S. The Bertz CT molecular complexity index is 1110. The maximum atomic E-state index is 12.7. The molecule has 1 N–H and O–H groups in total. The summed E-state index contributed by atoms with van der Waals surface area (Å²) in [5.74, 6) is 0.189. The maximum absolute atomic E-state index is 12.7. The third-order valence-corrected chi connectivity index (χ3v) is 5.78. The van der Waals surface area contributed by atoms with Gasteiger partial charge >= 0.3 is 0 Å². The molecule has 0 bridgehead atoms. The Morgan fingerprint density at radius 2 is 1.83 bits per heavy atom. The minimum Gasteiger partial charge on any atom is -0.497 e. The average molecular weight is 410 g/mol. The first-order valence-corrected chi connectivity index (χ1v) is 9.95. The zero-order valence-electron chi connectivity index (χ0n) is 16.9. The van der Waals surface area contributed by atoms with Crippen LogP contribution in [0.15, 0.2) is 53.5 Å². The molecule has 0 aliphatic heterocycles. The van der Waals surface area contributed by atoms with Crippen molar-refractivity contribution in [3.8, 4) is 5.75 Å². The molecule has 3 rings (SSSR count). The summed E-state index contributed by atoms with van der Waals surface area (Å²) in [7, 11) is 3.17. The van der Waals surface area contributed by atoms with Crippen molar-refractivity contribution in [3.63, 3.8) is 0 Å². The van der Waals surface area contributed by atoms with Gasteiger partial charge in [0.2, 0.25) is 0 Å². The van der Waals surface area contributed by atoms with Crippen LogP contribution in [-0.2, 0) is 6.54 Å². The van der Waals surface area contributed by atoms with Crippen molar-refractivity contribution in [3.05, 3.63) is 80.6 Å². The van der Waals surface area contributed by atoms with E-state index in [-0.39, 0.29) is 11.8 Å². The number of nitrogens with one attached hydrogen (secondary N) is 1. The topological polar surface area (TPSA) is 72.7 Å². The van der Waals surface area contributed by atoms with E-state index in [0.29, 0.717) is 28.2 Å². The minimum absolute atomic E-state index is 0.119. The number of hydrogen-bond acceptors (Lipinski definition) is 4. The lowest BCUT2D eigenvalue weighted by molar-refractivity contribution is 0.0961. The maximum Gasteiger partial charge on any atom is 0.279 e. The van der Waals surface area contributed by atoms with Gasteiger partial charge in [0.25, 0.3) is 11.8 Å². The molecule has 6 nitrogen and oxygen atoms in total. The van der Waals surface area contributed by atoms with Crippen LogP contribution in [0.4, 0.5) is 0 Å². The van der Waals surface area contributed by atoms with Crippen molar-refractivity contribution in [1.29, 1.82) is 0 Å². The number of rotatable bonds is 5. The van der Waals surface area contributed by atoms with Crippen LogP contribution in [0.5, 0.6) is 5.75 Å². The molecule has 1 heterocycles. The highest BCUT2D eigenvalue weighted by Crippen LogP contribution is 2.15.